The Bertz CT molecular complexity index is 477. The van der Waals surface area contributed by atoms with Gasteiger partial charge in [0.2, 0.25) is 5.91 Å². The molecule has 0 spiro atoms. The Hall–Kier alpha value is -1.49. The van der Waals surface area contributed by atoms with Crippen LogP contribution in [0.2, 0.25) is 0 Å². The number of thiol groups is 1. The number of carboxylic acid groups (broad SMARTS) is 1. The van der Waals surface area contributed by atoms with E-state index in [1.165, 1.54) is 5.56 Å². The van der Waals surface area contributed by atoms with Gasteiger partial charge in [0.05, 0.1) is 0 Å². The van der Waals surface area contributed by atoms with Gasteiger partial charge in [-0.15, -0.1) is 0 Å². The number of rotatable bonds is 4. The van der Waals surface area contributed by atoms with Gasteiger partial charge in [0, 0.05) is 11.2 Å². The van der Waals surface area contributed by atoms with Gasteiger partial charge in [-0.2, -0.15) is 12.6 Å². The summed E-state index contributed by atoms with van der Waals surface area (Å²) in [6.07, 6.45) is 2.53. The van der Waals surface area contributed by atoms with Crippen molar-refractivity contribution in [2.75, 3.05) is 6.54 Å². The van der Waals surface area contributed by atoms with E-state index >= 15 is 0 Å². The number of aliphatic carboxylic acids is 1. The van der Waals surface area contributed by atoms with Gasteiger partial charge < -0.3 is 10.4 Å². The largest absolute Gasteiger partial charge is 0.480 e. The molecule has 1 aromatic rings. The molecular weight excluding hydrogens is 274 g/mol. The van der Waals surface area contributed by atoms with E-state index in [9.17, 15) is 9.59 Å². The average molecular weight is 293 g/mol. The van der Waals surface area contributed by atoms with Gasteiger partial charge in [0.25, 0.3) is 0 Å². The predicted octanol–water partition coefficient (Wildman–Crippen LogP) is 2.07. The summed E-state index contributed by atoms with van der Waals surface area (Å²) in [5, 5.41) is 11.0. The zero-order valence-electron chi connectivity index (χ0n) is 11.2. The Labute approximate surface area is 124 Å². The van der Waals surface area contributed by atoms with Gasteiger partial charge >= 0.3 is 5.97 Å². The van der Waals surface area contributed by atoms with Gasteiger partial charge in [0.1, 0.15) is 6.54 Å². The maximum Gasteiger partial charge on any atom is 0.322 e. The summed E-state index contributed by atoms with van der Waals surface area (Å²) in [6, 6.07) is 10.3. The van der Waals surface area contributed by atoms with E-state index in [4.69, 9.17) is 5.11 Å². The Morgan fingerprint density at radius 1 is 1.25 bits per heavy atom. The lowest BCUT2D eigenvalue weighted by atomic mass is 9.78. The molecule has 2 rings (SSSR count). The molecule has 1 fully saturated rings. The van der Waals surface area contributed by atoms with Crippen molar-refractivity contribution in [3.05, 3.63) is 35.9 Å². The Morgan fingerprint density at radius 3 is 2.55 bits per heavy atom. The van der Waals surface area contributed by atoms with Crippen LogP contribution in [-0.2, 0) is 9.59 Å². The van der Waals surface area contributed by atoms with Crippen LogP contribution in [0.5, 0.6) is 0 Å². The third kappa shape index (κ3) is 3.76. The first-order valence-electron chi connectivity index (χ1n) is 6.80. The molecule has 0 heterocycles. The maximum absolute atomic E-state index is 11.9. The van der Waals surface area contributed by atoms with Crippen LogP contribution in [0, 0.1) is 5.92 Å². The second-order valence-electron chi connectivity index (χ2n) is 5.21. The number of carbonyl (C=O) groups excluding carboxylic acids is 1. The highest BCUT2D eigenvalue weighted by atomic mass is 32.1. The van der Waals surface area contributed by atoms with Gasteiger partial charge in [0.15, 0.2) is 0 Å². The minimum Gasteiger partial charge on any atom is -0.480 e. The Balaban J connectivity index is 1.92. The number of carbonyl (C=O) groups is 2. The van der Waals surface area contributed by atoms with Crippen molar-refractivity contribution in [1.82, 2.24) is 5.32 Å². The summed E-state index contributed by atoms with van der Waals surface area (Å²) < 4.78 is 0. The highest BCUT2D eigenvalue weighted by molar-refractivity contribution is 7.81. The topological polar surface area (TPSA) is 66.4 Å². The first-order chi connectivity index (χ1) is 9.58. The zero-order chi connectivity index (χ0) is 14.5. The Morgan fingerprint density at radius 2 is 1.95 bits per heavy atom. The molecule has 3 atom stereocenters. The third-order valence-corrected chi connectivity index (χ3v) is 4.41. The summed E-state index contributed by atoms with van der Waals surface area (Å²) in [6.45, 7) is -0.321. The highest BCUT2D eigenvalue weighted by Gasteiger charge is 2.33. The van der Waals surface area contributed by atoms with Crippen LogP contribution in [-0.4, -0.2) is 28.8 Å². The van der Waals surface area contributed by atoms with Crippen LogP contribution in [0.3, 0.4) is 0 Å². The summed E-state index contributed by atoms with van der Waals surface area (Å²) in [5.74, 6) is -0.981. The predicted molar refractivity (Wildman–Crippen MR) is 79.9 cm³/mol. The normalized spacial score (nSPS) is 25.9. The molecule has 1 aliphatic rings. The van der Waals surface area contributed by atoms with E-state index in [1.807, 2.05) is 18.2 Å². The molecule has 0 unspecified atom stereocenters. The van der Waals surface area contributed by atoms with Crippen molar-refractivity contribution in [1.29, 1.82) is 0 Å². The summed E-state index contributed by atoms with van der Waals surface area (Å²) in [7, 11) is 0. The molecule has 1 amide bonds. The minimum absolute atomic E-state index is 0.0252. The van der Waals surface area contributed by atoms with E-state index in [0.29, 0.717) is 5.92 Å². The highest BCUT2D eigenvalue weighted by Crippen LogP contribution is 2.38. The quantitative estimate of drug-likeness (QED) is 0.745. The van der Waals surface area contributed by atoms with Gasteiger partial charge in [-0.25, -0.2) is 0 Å². The van der Waals surface area contributed by atoms with Crippen molar-refractivity contribution in [3.8, 4) is 0 Å². The fourth-order valence-corrected chi connectivity index (χ4v) is 3.31. The van der Waals surface area contributed by atoms with Crippen molar-refractivity contribution in [3.63, 3.8) is 0 Å². The molecule has 0 saturated heterocycles. The molecular formula is C15H19NO3S. The number of carboxylic acids is 1. The Kier molecular flexibility index (Phi) is 5.06. The lowest BCUT2D eigenvalue weighted by Crippen LogP contribution is -2.40. The molecule has 0 aliphatic heterocycles. The van der Waals surface area contributed by atoms with Crippen LogP contribution in [0.25, 0.3) is 0 Å². The van der Waals surface area contributed by atoms with Crippen molar-refractivity contribution in [2.24, 2.45) is 5.92 Å². The second kappa shape index (κ2) is 6.79. The van der Waals surface area contributed by atoms with Crippen LogP contribution in [0.1, 0.15) is 30.7 Å². The van der Waals surface area contributed by atoms with Crippen LogP contribution in [0.15, 0.2) is 30.3 Å². The standard InChI is InChI=1S/C15H19NO3S/c17-14(18)9-16-15(19)12-7-6-11(8-13(12)20)10-4-2-1-3-5-10/h1-5,11-13,20H,6-9H2,(H,16,19)(H,17,18)/t11-,12-,13+/m0/s1. The zero-order valence-corrected chi connectivity index (χ0v) is 12.1. The SMILES string of the molecule is O=C(O)CNC(=O)[C@H]1CC[C@H](c2ccccc2)C[C@H]1S. The first-order valence-corrected chi connectivity index (χ1v) is 7.32. The lowest BCUT2D eigenvalue weighted by Gasteiger charge is -2.32. The fourth-order valence-electron chi connectivity index (χ4n) is 2.77. The smallest absolute Gasteiger partial charge is 0.322 e. The molecule has 1 saturated carbocycles. The molecule has 1 aromatic carbocycles. The third-order valence-electron chi connectivity index (χ3n) is 3.84. The van der Waals surface area contributed by atoms with Crippen molar-refractivity contribution >= 4 is 24.5 Å². The number of benzene rings is 1. The van der Waals surface area contributed by atoms with E-state index in [0.717, 1.165) is 19.3 Å². The van der Waals surface area contributed by atoms with E-state index < -0.39 is 5.97 Å². The number of nitrogens with one attached hydrogen (secondary N) is 1. The fraction of sp³-hybridized carbons (Fsp3) is 0.467. The molecule has 0 aromatic heterocycles. The van der Waals surface area contributed by atoms with Crippen LogP contribution < -0.4 is 5.32 Å². The lowest BCUT2D eigenvalue weighted by molar-refractivity contribution is -0.138. The van der Waals surface area contributed by atoms with Gasteiger partial charge in [-0.3, -0.25) is 9.59 Å². The van der Waals surface area contributed by atoms with Gasteiger partial charge in [-0.1, -0.05) is 30.3 Å². The number of amides is 1. The second-order valence-corrected chi connectivity index (χ2v) is 5.87. The number of hydrogen-bond acceptors (Lipinski definition) is 3. The molecule has 1 aliphatic carbocycles. The maximum atomic E-state index is 11.9. The van der Waals surface area contributed by atoms with Crippen LogP contribution in [0.4, 0.5) is 0 Å². The number of hydrogen-bond donors (Lipinski definition) is 3. The van der Waals surface area contributed by atoms with Crippen molar-refractivity contribution in [2.45, 2.75) is 30.4 Å². The van der Waals surface area contributed by atoms with Crippen molar-refractivity contribution < 1.29 is 14.7 Å². The first kappa shape index (κ1) is 14.9. The van der Waals surface area contributed by atoms with E-state index in [-0.39, 0.29) is 23.6 Å². The molecule has 4 nitrogen and oxygen atoms in total. The van der Waals surface area contributed by atoms with E-state index in [1.54, 1.807) is 0 Å². The average Bonchev–Trinajstić information content (AvgIpc) is 2.45. The van der Waals surface area contributed by atoms with E-state index in [2.05, 4.69) is 30.1 Å². The summed E-state index contributed by atoms with van der Waals surface area (Å²) >= 11 is 4.54. The molecule has 5 heteroatoms. The molecule has 20 heavy (non-hydrogen) atoms. The minimum atomic E-state index is -1.02. The van der Waals surface area contributed by atoms with Gasteiger partial charge in [-0.05, 0) is 30.7 Å². The summed E-state index contributed by atoms with van der Waals surface area (Å²) in [4.78, 5) is 22.4. The monoisotopic (exact) mass is 293 g/mol. The molecule has 0 radical (unpaired) electrons. The molecule has 0 bridgehead atoms. The van der Waals surface area contributed by atoms with Crippen LogP contribution >= 0.6 is 12.6 Å². The summed E-state index contributed by atoms with van der Waals surface area (Å²) in [5.41, 5.74) is 1.29. The molecule has 2 N–H and O–H groups in total. The molecule has 108 valence electrons.